The van der Waals surface area contributed by atoms with E-state index >= 15 is 0 Å². The van der Waals surface area contributed by atoms with Crippen molar-refractivity contribution >= 4 is 43.6 Å². The molecule has 0 aliphatic heterocycles. The summed E-state index contributed by atoms with van der Waals surface area (Å²) in [6.07, 6.45) is 5.13. The Labute approximate surface area is 286 Å². The predicted molar refractivity (Wildman–Crippen MR) is 192 cm³/mol. The third-order valence-electron chi connectivity index (χ3n) is 9.31. The van der Waals surface area contributed by atoms with Gasteiger partial charge in [-0.3, -0.25) is 9.52 Å². The van der Waals surface area contributed by atoms with Crippen molar-refractivity contribution in [1.82, 2.24) is 14.5 Å². The minimum Gasteiger partial charge on any atom is -0.487 e. The Bertz CT molecular complexity index is 2260. The lowest BCUT2D eigenvalue weighted by molar-refractivity contribution is -0.152. The van der Waals surface area contributed by atoms with Gasteiger partial charge in [0, 0.05) is 30.1 Å². The van der Waals surface area contributed by atoms with Gasteiger partial charge < -0.3 is 14.0 Å². The number of esters is 1. The lowest BCUT2D eigenvalue weighted by Gasteiger charge is -2.25. The van der Waals surface area contributed by atoms with Crippen LogP contribution in [0.15, 0.2) is 103 Å². The first-order chi connectivity index (χ1) is 23.7. The lowest BCUT2D eigenvalue weighted by atomic mass is 9.82. The van der Waals surface area contributed by atoms with E-state index in [1.54, 1.807) is 12.1 Å². The first-order valence-electron chi connectivity index (χ1n) is 16.4. The van der Waals surface area contributed by atoms with Crippen LogP contribution in [0.25, 0.3) is 33.1 Å². The Morgan fingerprint density at radius 3 is 2.43 bits per heavy atom. The molecule has 6 aromatic rings. The molecule has 0 radical (unpaired) electrons. The maximum absolute atomic E-state index is 13.2. The summed E-state index contributed by atoms with van der Waals surface area (Å²) in [6, 6.07) is 33.6. The lowest BCUT2D eigenvalue weighted by Crippen LogP contribution is -2.33. The second kappa shape index (κ2) is 13.4. The first kappa shape index (κ1) is 32.3. The SMILES string of the molecule is COC(=O)C1(Cc2nc3cc(OCc4ccc5ccccc5n4)ccc3n2Cc2cccc(-c3ccc(NS(C)(=O)=O)cc3)c2)CCCC1. The summed E-state index contributed by atoms with van der Waals surface area (Å²) in [7, 11) is -1.89. The van der Waals surface area contributed by atoms with E-state index in [0.29, 0.717) is 31.0 Å². The van der Waals surface area contributed by atoms with Crippen molar-refractivity contribution in [2.75, 3.05) is 18.1 Å². The number of nitrogens with zero attached hydrogens (tertiary/aromatic N) is 3. The second-order valence-electron chi connectivity index (χ2n) is 12.9. The summed E-state index contributed by atoms with van der Waals surface area (Å²) in [5.41, 5.74) is 6.47. The van der Waals surface area contributed by atoms with Crippen LogP contribution in [0.3, 0.4) is 0 Å². The Hall–Kier alpha value is -5.22. The minimum atomic E-state index is -3.36. The van der Waals surface area contributed by atoms with Crippen LogP contribution < -0.4 is 9.46 Å². The van der Waals surface area contributed by atoms with Crippen LogP contribution in [0.2, 0.25) is 0 Å². The zero-order valence-corrected chi connectivity index (χ0v) is 28.4. The number of para-hydroxylation sites is 1. The summed E-state index contributed by atoms with van der Waals surface area (Å²) in [5, 5.41) is 1.09. The number of fused-ring (bicyclic) bond motifs is 2. The fraction of sp³-hybridized carbons (Fsp3) is 0.256. The molecule has 2 heterocycles. The van der Waals surface area contributed by atoms with Gasteiger partial charge in [0.05, 0.1) is 41.0 Å². The van der Waals surface area contributed by atoms with Gasteiger partial charge in [0.15, 0.2) is 0 Å². The van der Waals surface area contributed by atoms with Crippen molar-refractivity contribution < 1.29 is 22.7 Å². The van der Waals surface area contributed by atoms with Crippen molar-refractivity contribution in [3.8, 4) is 16.9 Å². The van der Waals surface area contributed by atoms with Gasteiger partial charge in [0.25, 0.3) is 0 Å². The average molecular weight is 675 g/mol. The molecule has 0 amide bonds. The molecule has 0 saturated heterocycles. The van der Waals surface area contributed by atoms with Crippen LogP contribution in [0.5, 0.6) is 5.75 Å². The van der Waals surface area contributed by atoms with E-state index in [1.807, 2.05) is 72.8 Å². The fourth-order valence-electron chi connectivity index (χ4n) is 6.91. The molecule has 7 rings (SSSR count). The zero-order chi connectivity index (χ0) is 34.0. The van der Waals surface area contributed by atoms with E-state index < -0.39 is 15.4 Å². The third-order valence-corrected chi connectivity index (χ3v) is 9.91. The largest absolute Gasteiger partial charge is 0.487 e. The van der Waals surface area contributed by atoms with E-state index in [-0.39, 0.29) is 5.97 Å². The van der Waals surface area contributed by atoms with Crippen molar-refractivity contribution in [2.24, 2.45) is 5.41 Å². The number of imidazole rings is 1. The number of carbonyl (C=O) groups is 1. The number of methoxy groups -OCH3 is 1. The minimum absolute atomic E-state index is 0.175. The molecule has 0 unspecified atom stereocenters. The highest BCUT2D eigenvalue weighted by molar-refractivity contribution is 7.92. The number of ether oxygens (including phenoxy) is 2. The van der Waals surface area contributed by atoms with Gasteiger partial charge in [-0.2, -0.15) is 0 Å². The molecule has 1 N–H and O–H groups in total. The fourth-order valence-corrected chi connectivity index (χ4v) is 7.47. The highest BCUT2D eigenvalue weighted by Crippen LogP contribution is 2.42. The van der Waals surface area contributed by atoms with Gasteiger partial charge in [0.2, 0.25) is 10.0 Å². The molecule has 4 aromatic carbocycles. The summed E-state index contributed by atoms with van der Waals surface area (Å²) >= 11 is 0. The normalized spacial score (nSPS) is 14.2. The van der Waals surface area contributed by atoms with Crippen molar-refractivity contribution in [3.05, 3.63) is 120 Å². The number of benzene rings is 4. The number of hydrogen-bond donors (Lipinski definition) is 1. The number of carbonyl (C=O) groups excluding carboxylic acids is 1. The number of hydrogen-bond acceptors (Lipinski definition) is 7. The summed E-state index contributed by atoms with van der Waals surface area (Å²) in [6.45, 7) is 0.874. The molecule has 1 aliphatic rings. The molecule has 250 valence electrons. The van der Waals surface area contributed by atoms with Crippen LogP contribution in [0.1, 0.15) is 42.8 Å². The first-order valence-corrected chi connectivity index (χ1v) is 18.3. The smallest absolute Gasteiger partial charge is 0.312 e. The zero-order valence-electron chi connectivity index (χ0n) is 27.6. The van der Waals surface area contributed by atoms with E-state index in [0.717, 1.165) is 82.1 Å². The molecule has 10 heteroatoms. The highest BCUT2D eigenvalue weighted by atomic mass is 32.2. The summed E-state index contributed by atoms with van der Waals surface area (Å²) in [4.78, 5) is 23.0. The maximum Gasteiger partial charge on any atom is 0.312 e. The van der Waals surface area contributed by atoms with Crippen molar-refractivity contribution in [2.45, 2.75) is 45.3 Å². The Morgan fingerprint density at radius 2 is 1.65 bits per heavy atom. The monoisotopic (exact) mass is 674 g/mol. The van der Waals surface area contributed by atoms with Crippen molar-refractivity contribution in [1.29, 1.82) is 0 Å². The molecular formula is C39H38N4O5S. The van der Waals surface area contributed by atoms with Crippen LogP contribution in [-0.2, 0) is 39.1 Å². The van der Waals surface area contributed by atoms with E-state index in [9.17, 15) is 13.2 Å². The third kappa shape index (κ3) is 7.15. The Balaban J connectivity index is 1.19. The average Bonchev–Trinajstić information content (AvgIpc) is 3.71. The topological polar surface area (TPSA) is 112 Å². The predicted octanol–water partition coefficient (Wildman–Crippen LogP) is 7.53. The van der Waals surface area contributed by atoms with Gasteiger partial charge in [-0.05, 0) is 72.0 Å². The standard InChI is InChI=1S/C39H38N4O5S/c1-47-38(44)39(20-5-6-21-39)24-37-41-35-23-33(48-26-32-17-14-29-9-3-4-11-34(29)40-32)18-19-36(35)43(37)25-27-8-7-10-30(22-27)28-12-15-31(16-13-28)42-49(2,45)46/h3-4,7-19,22-23,42H,5-6,20-21,24-26H2,1-2H3. The maximum atomic E-state index is 13.2. The van der Waals surface area contributed by atoms with Crippen LogP contribution in [0, 0.1) is 5.41 Å². The van der Waals surface area contributed by atoms with Gasteiger partial charge in [-0.1, -0.05) is 67.4 Å². The number of rotatable bonds is 11. The van der Waals surface area contributed by atoms with Gasteiger partial charge in [-0.15, -0.1) is 0 Å². The molecule has 1 fully saturated rings. The molecule has 2 aromatic heterocycles. The van der Waals surface area contributed by atoms with E-state index in [1.165, 1.54) is 7.11 Å². The molecule has 0 spiro atoms. The van der Waals surface area contributed by atoms with Crippen LogP contribution in [-0.4, -0.2) is 42.3 Å². The quantitative estimate of drug-likeness (QED) is 0.141. The number of pyridine rings is 1. The van der Waals surface area contributed by atoms with Crippen LogP contribution >= 0.6 is 0 Å². The number of nitrogens with one attached hydrogen (secondary N) is 1. The molecule has 1 aliphatic carbocycles. The Morgan fingerprint density at radius 1 is 0.857 bits per heavy atom. The molecule has 1 saturated carbocycles. The molecule has 0 atom stereocenters. The Kier molecular flexibility index (Phi) is 8.81. The van der Waals surface area contributed by atoms with Crippen LogP contribution in [0.4, 0.5) is 5.69 Å². The molecular weight excluding hydrogens is 637 g/mol. The molecule has 0 bridgehead atoms. The van der Waals surface area contributed by atoms with Gasteiger partial charge >= 0.3 is 5.97 Å². The number of sulfonamides is 1. The molecule has 9 nitrogen and oxygen atoms in total. The van der Waals surface area contributed by atoms with Gasteiger partial charge in [0.1, 0.15) is 18.2 Å². The van der Waals surface area contributed by atoms with Gasteiger partial charge in [-0.25, -0.2) is 18.4 Å². The summed E-state index contributed by atoms with van der Waals surface area (Å²) < 4.78 is 39.5. The highest BCUT2D eigenvalue weighted by Gasteiger charge is 2.43. The number of aromatic nitrogens is 3. The molecule has 49 heavy (non-hydrogen) atoms. The summed E-state index contributed by atoms with van der Waals surface area (Å²) in [5.74, 6) is 1.35. The number of anilines is 1. The van der Waals surface area contributed by atoms with Crippen molar-refractivity contribution in [3.63, 3.8) is 0 Å². The second-order valence-corrected chi connectivity index (χ2v) is 14.6. The van der Waals surface area contributed by atoms with E-state index in [2.05, 4.69) is 27.5 Å². The van der Waals surface area contributed by atoms with E-state index in [4.69, 9.17) is 19.4 Å².